The normalized spacial score (nSPS) is 12.7. The Kier molecular flexibility index (Phi) is 41.4. The van der Waals surface area contributed by atoms with E-state index in [1.54, 1.807) is 12.9 Å². The van der Waals surface area contributed by atoms with Gasteiger partial charge in [-0.25, -0.2) is 5.53 Å². The molecule has 1 atom stereocenters. The fourth-order valence-electron chi connectivity index (χ4n) is 5.89. The van der Waals surface area contributed by atoms with Crippen molar-refractivity contribution in [1.82, 2.24) is 5.32 Å². The predicted molar refractivity (Wildman–Crippen MR) is 252 cm³/mol. The maximum atomic E-state index is 12.0. The minimum atomic E-state index is -2.54. The van der Waals surface area contributed by atoms with Gasteiger partial charge in [-0.3, -0.25) is 4.57 Å². The minimum Gasteiger partial charge on any atom is -0.490 e. The number of hydrogen-bond donors (Lipinski definition) is 2. The third-order valence-electron chi connectivity index (χ3n) is 9.45. The Morgan fingerprint density at radius 1 is 0.547 bits per heavy atom. The highest BCUT2D eigenvalue weighted by atomic mass is 31.2. The highest BCUT2D eigenvalue weighted by molar-refractivity contribution is 7.58. The Morgan fingerprint density at radius 3 is 1.33 bits per heavy atom. The van der Waals surface area contributed by atoms with Gasteiger partial charge in [-0.2, -0.15) is 5.11 Å². The molecule has 1 unspecified atom stereocenters. The Hall–Kier alpha value is -2.37. The van der Waals surface area contributed by atoms with Crippen LogP contribution in [0.5, 0.6) is 17.2 Å². The Balaban J connectivity index is 2.24. The fraction of sp³-hybridized carbons (Fsp3) is 0.830. The molecule has 0 radical (unpaired) electrons. The molecule has 2 N–H and O–H groups in total. The largest absolute Gasteiger partial charge is 0.490 e. The number of ether oxygens (including phenoxy) is 11. The molecule has 0 aliphatic rings. The van der Waals surface area contributed by atoms with Gasteiger partial charge in [-0.1, -0.05) is 78.6 Å². The molecular formula is C47H88N3O13P. The first-order valence-electron chi connectivity index (χ1n) is 24.1. The lowest BCUT2D eigenvalue weighted by Gasteiger charge is -2.19. The Morgan fingerprint density at radius 2 is 0.938 bits per heavy atom. The Bertz CT molecular complexity index is 1260. The zero-order chi connectivity index (χ0) is 46.4. The third-order valence-corrected chi connectivity index (χ3v) is 11.3. The summed E-state index contributed by atoms with van der Waals surface area (Å²) in [6.45, 7) is 19.8. The highest BCUT2D eigenvalue weighted by Gasteiger charge is 2.17. The van der Waals surface area contributed by atoms with E-state index < -0.39 is 7.37 Å². The van der Waals surface area contributed by atoms with Crippen molar-refractivity contribution in [2.24, 2.45) is 5.11 Å². The molecule has 1 rings (SSSR count). The van der Waals surface area contributed by atoms with Gasteiger partial charge < -0.3 is 61.9 Å². The molecule has 0 fully saturated rings. The van der Waals surface area contributed by atoms with Crippen molar-refractivity contribution in [3.63, 3.8) is 0 Å². The van der Waals surface area contributed by atoms with Gasteiger partial charge in [-0.15, -0.1) is 0 Å². The van der Waals surface area contributed by atoms with E-state index in [0.717, 1.165) is 44.1 Å². The molecule has 0 saturated carbocycles. The van der Waals surface area contributed by atoms with Crippen LogP contribution in [0.3, 0.4) is 0 Å². The van der Waals surface area contributed by atoms with E-state index >= 15 is 0 Å². The molecule has 0 heterocycles. The maximum Gasteiger partial charge on any atom is 0.203 e. The molecule has 1 aromatic carbocycles. The van der Waals surface area contributed by atoms with Crippen LogP contribution in [0.25, 0.3) is 0 Å². The second-order valence-corrected chi connectivity index (χ2v) is 18.0. The summed E-state index contributed by atoms with van der Waals surface area (Å²) in [5.41, 5.74) is 9.10. The van der Waals surface area contributed by atoms with Crippen molar-refractivity contribution in [1.29, 1.82) is 5.53 Å². The lowest BCUT2D eigenvalue weighted by Crippen LogP contribution is -2.15. The zero-order valence-corrected chi connectivity index (χ0v) is 41.4. The molecule has 16 nitrogen and oxygen atoms in total. The highest BCUT2D eigenvalue weighted by Crippen LogP contribution is 2.42. The van der Waals surface area contributed by atoms with E-state index in [1.165, 1.54) is 38.5 Å². The Labute approximate surface area is 386 Å². The summed E-state index contributed by atoms with van der Waals surface area (Å²) in [5, 5.41) is 6.93. The van der Waals surface area contributed by atoms with E-state index in [1.807, 2.05) is 19.1 Å². The quantitative estimate of drug-likeness (QED) is 0.0359. The first kappa shape index (κ1) is 59.6. The lowest BCUT2D eigenvalue weighted by molar-refractivity contribution is -0.0224. The average Bonchev–Trinajstić information content (AvgIpc) is 3.28. The van der Waals surface area contributed by atoms with Gasteiger partial charge in [0.25, 0.3) is 0 Å². The smallest absolute Gasteiger partial charge is 0.203 e. The summed E-state index contributed by atoms with van der Waals surface area (Å²) in [4.78, 5) is 0. The number of nitrogens with one attached hydrogen (secondary N) is 2. The summed E-state index contributed by atoms with van der Waals surface area (Å²) in [6.07, 6.45) is 15.6. The van der Waals surface area contributed by atoms with Crippen LogP contribution in [0.2, 0.25) is 0 Å². The van der Waals surface area contributed by atoms with Gasteiger partial charge in [0.05, 0.1) is 132 Å². The van der Waals surface area contributed by atoms with Crippen molar-refractivity contribution < 1.29 is 61.2 Å². The van der Waals surface area contributed by atoms with E-state index in [4.69, 9.17) is 62.2 Å². The molecule has 0 saturated heterocycles. The minimum absolute atomic E-state index is 0.183. The second-order valence-electron chi connectivity index (χ2n) is 15.3. The van der Waals surface area contributed by atoms with Crippen molar-refractivity contribution in [3.05, 3.63) is 29.6 Å². The number of rotatable bonds is 50. The first-order valence-corrected chi connectivity index (χ1v) is 26.3. The molecule has 17 heteroatoms. The molecule has 0 spiro atoms. The topological polar surface area (TPSA) is 176 Å². The van der Waals surface area contributed by atoms with Gasteiger partial charge in [0.2, 0.25) is 13.1 Å². The molecule has 0 aliphatic heterocycles. The van der Waals surface area contributed by atoms with E-state index in [0.29, 0.717) is 161 Å². The van der Waals surface area contributed by atoms with Crippen molar-refractivity contribution in [2.45, 2.75) is 111 Å². The summed E-state index contributed by atoms with van der Waals surface area (Å²) >= 11 is 0. The van der Waals surface area contributed by atoms with Gasteiger partial charge >= 0.3 is 0 Å². The zero-order valence-electron chi connectivity index (χ0n) is 40.5. The number of unbranched alkanes of at least 4 members (excludes halogenated alkanes) is 9. The van der Waals surface area contributed by atoms with Crippen LogP contribution in [0.4, 0.5) is 0 Å². The number of benzene rings is 1. The molecule has 64 heavy (non-hydrogen) atoms. The molecule has 0 bridgehead atoms. The van der Waals surface area contributed by atoms with Gasteiger partial charge in [-0.05, 0) is 43.9 Å². The second kappa shape index (κ2) is 44.5. The van der Waals surface area contributed by atoms with Crippen LogP contribution in [0.1, 0.15) is 110 Å². The molecule has 374 valence electrons. The average molecular weight is 934 g/mol. The van der Waals surface area contributed by atoms with E-state index in [9.17, 15) is 4.57 Å². The maximum absolute atomic E-state index is 12.0. The van der Waals surface area contributed by atoms with Crippen LogP contribution in [0.15, 0.2) is 29.1 Å². The number of hydrogen-bond acceptors (Lipinski definition) is 16. The number of nitrogens with zero attached hydrogens (tertiary/aromatic N) is 1. The summed E-state index contributed by atoms with van der Waals surface area (Å²) in [6, 6.07) is 4.06. The lowest BCUT2D eigenvalue weighted by atomic mass is 10.1. The van der Waals surface area contributed by atoms with Crippen LogP contribution >= 0.6 is 7.37 Å². The van der Waals surface area contributed by atoms with Gasteiger partial charge in [0.1, 0.15) is 5.70 Å². The van der Waals surface area contributed by atoms with Gasteiger partial charge in [0.15, 0.2) is 11.5 Å². The van der Waals surface area contributed by atoms with Crippen LogP contribution in [-0.2, 0) is 53.5 Å². The van der Waals surface area contributed by atoms with E-state index in [2.05, 4.69) is 31.2 Å². The van der Waals surface area contributed by atoms with E-state index in [-0.39, 0.29) is 6.61 Å². The molecular weight excluding hydrogens is 845 g/mol. The van der Waals surface area contributed by atoms with Crippen molar-refractivity contribution in [2.75, 3.05) is 145 Å². The fourth-order valence-corrected chi connectivity index (χ4v) is 7.03. The standard InChI is InChI=1S/C47H88N3O13P/c1-6-10-13-16-19-60-45-38-43(39-46(61-20-17-14-11-7-2)47(45)62-21-18-15-12-8-3)40-49-41-44(50-48)42-59-35-34-57-31-30-55-27-26-53-23-22-52-24-25-54-28-29-56-32-33-58-36-37-64(5,51)63-9-4/h38-39,41,48-49H,6-37,40,42H2,1-5H3/b44-41-,50-48?. The molecule has 0 amide bonds. The molecule has 0 aromatic heterocycles. The third kappa shape index (κ3) is 35.8. The predicted octanol–water partition coefficient (Wildman–Crippen LogP) is 9.60. The monoisotopic (exact) mass is 934 g/mol. The first-order chi connectivity index (χ1) is 31.4. The molecule has 1 aromatic rings. The summed E-state index contributed by atoms with van der Waals surface area (Å²) in [5.74, 6) is 2.12. The van der Waals surface area contributed by atoms with Crippen LogP contribution < -0.4 is 19.5 Å². The van der Waals surface area contributed by atoms with Crippen LogP contribution in [-0.4, -0.2) is 145 Å². The summed E-state index contributed by atoms with van der Waals surface area (Å²) in [7, 11) is -2.54. The summed E-state index contributed by atoms with van der Waals surface area (Å²) < 4.78 is 80.6. The molecule has 0 aliphatic carbocycles. The SMILES string of the molecule is CCCCCCOc1cc(CN/C=C(/COCCOCCOCCOCCOCCOCCOCCOCCP(C)(=O)OCC)N=N)cc(OCCCCCC)c1OCCCCCC. The van der Waals surface area contributed by atoms with Crippen molar-refractivity contribution >= 4 is 7.37 Å². The van der Waals surface area contributed by atoms with Crippen LogP contribution in [0, 0.1) is 5.53 Å². The van der Waals surface area contributed by atoms with Crippen molar-refractivity contribution in [3.8, 4) is 17.2 Å². The van der Waals surface area contributed by atoms with Gasteiger partial charge in [0, 0.05) is 25.6 Å².